The van der Waals surface area contributed by atoms with Crippen LogP contribution in [0.4, 0.5) is 5.82 Å². The summed E-state index contributed by atoms with van der Waals surface area (Å²) in [5, 5.41) is 16.2. The first-order valence-electron chi connectivity index (χ1n) is 10.6. The Morgan fingerprint density at radius 3 is 2.59 bits per heavy atom. The number of fused-ring (bicyclic) bond motifs is 1. The van der Waals surface area contributed by atoms with E-state index in [-0.39, 0.29) is 0 Å². The van der Waals surface area contributed by atoms with Crippen LogP contribution in [0.2, 0.25) is 0 Å². The van der Waals surface area contributed by atoms with Crippen molar-refractivity contribution in [2.75, 3.05) is 12.4 Å². The number of methoxy groups -OCH3 is 1. The van der Waals surface area contributed by atoms with E-state index in [1.165, 1.54) is 13.4 Å². The number of ether oxygens (including phenoxy) is 1. The molecule has 34 heavy (non-hydrogen) atoms. The second kappa shape index (κ2) is 8.84. The Labute approximate surface area is 195 Å². The van der Waals surface area contributed by atoms with Crippen molar-refractivity contribution in [1.29, 1.82) is 0 Å². The van der Waals surface area contributed by atoms with Crippen molar-refractivity contribution in [3.63, 3.8) is 0 Å². The van der Waals surface area contributed by atoms with Crippen LogP contribution < -0.4 is 5.32 Å². The number of hydrogen-bond acceptors (Lipinski definition) is 7. The molecule has 0 aliphatic heterocycles. The minimum Gasteiger partial charge on any atom is -0.364 e. The minimum atomic E-state index is -1.52. The lowest BCUT2D eigenvalue weighted by Gasteiger charge is -2.29. The van der Waals surface area contributed by atoms with Crippen LogP contribution in [0.3, 0.4) is 0 Å². The number of benzene rings is 2. The average molecular weight is 451 g/mol. The van der Waals surface area contributed by atoms with Crippen molar-refractivity contribution >= 4 is 22.6 Å². The molecular formula is C26H21N5O3. The largest absolute Gasteiger partial charge is 0.364 e. The number of rotatable bonds is 6. The third kappa shape index (κ3) is 3.70. The van der Waals surface area contributed by atoms with Gasteiger partial charge in [-0.05, 0) is 36.2 Å². The molecule has 0 bridgehead atoms. The van der Waals surface area contributed by atoms with Gasteiger partial charge in [-0.2, -0.15) is 10.2 Å². The van der Waals surface area contributed by atoms with Crippen LogP contribution in [-0.4, -0.2) is 33.4 Å². The lowest BCUT2D eigenvalue weighted by Crippen LogP contribution is -2.43. The summed E-state index contributed by atoms with van der Waals surface area (Å²) >= 11 is 0. The van der Waals surface area contributed by atoms with Gasteiger partial charge in [0.15, 0.2) is 0 Å². The summed E-state index contributed by atoms with van der Waals surface area (Å²) in [6.07, 6.45) is 3.08. The summed E-state index contributed by atoms with van der Waals surface area (Å²) in [6.45, 7) is 1.94. The highest BCUT2D eigenvalue weighted by molar-refractivity contribution is 6.00. The number of pyridine rings is 1. The molecule has 2 aromatic carbocycles. The second-order valence-electron chi connectivity index (χ2n) is 7.78. The molecule has 1 N–H and O–H groups in total. The topological polar surface area (TPSA) is 103 Å². The standard InChI is InChI=1S/C26H21N5O3/c1-17-14-22(20-16-27-30-21-11-7-6-10-19(20)21)28-24(15-17)29-25(32)26(33-2,23-12-13-34-31-23)18-8-4-3-5-9-18/h3-16H,1-2H3,(H,28,29,32)/t26-/m0/s1. The Morgan fingerprint density at radius 2 is 1.82 bits per heavy atom. The van der Waals surface area contributed by atoms with Crippen molar-refractivity contribution in [3.8, 4) is 11.3 Å². The Bertz CT molecular complexity index is 1450. The molecule has 1 atom stereocenters. The molecule has 3 heterocycles. The number of carbonyl (C=O) groups is 1. The van der Waals surface area contributed by atoms with Gasteiger partial charge in [0.2, 0.25) is 5.60 Å². The molecule has 168 valence electrons. The smallest absolute Gasteiger partial charge is 0.268 e. The lowest BCUT2D eigenvalue weighted by atomic mass is 9.89. The Kier molecular flexibility index (Phi) is 5.57. The maximum Gasteiger partial charge on any atom is 0.268 e. The third-order valence-corrected chi connectivity index (χ3v) is 5.64. The average Bonchev–Trinajstić information content (AvgIpc) is 3.40. The molecule has 3 aromatic heterocycles. The first-order valence-corrected chi connectivity index (χ1v) is 10.6. The lowest BCUT2D eigenvalue weighted by molar-refractivity contribution is -0.134. The number of nitrogens with zero attached hydrogens (tertiary/aromatic N) is 4. The number of aryl methyl sites for hydroxylation is 1. The number of aromatic nitrogens is 4. The maximum atomic E-state index is 13.8. The molecule has 0 saturated carbocycles. The molecule has 5 rings (SSSR count). The molecule has 0 aliphatic rings. The number of hydrogen-bond donors (Lipinski definition) is 1. The van der Waals surface area contributed by atoms with E-state index in [1.807, 2.05) is 67.6 Å². The van der Waals surface area contributed by atoms with E-state index < -0.39 is 11.5 Å². The first-order chi connectivity index (χ1) is 16.6. The summed E-state index contributed by atoms with van der Waals surface area (Å²) in [7, 11) is 1.46. The van der Waals surface area contributed by atoms with Gasteiger partial charge < -0.3 is 14.6 Å². The Morgan fingerprint density at radius 1 is 1.03 bits per heavy atom. The fraction of sp³-hybridized carbons (Fsp3) is 0.115. The predicted molar refractivity (Wildman–Crippen MR) is 127 cm³/mol. The second-order valence-corrected chi connectivity index (χ2v) is 7.78. The highest BCUT2D eigenvalue weighted by Gasteiger charge is 2.45. The van der Waals surface area contributed by atoms with E-state index in [9.17, 15) is 4.79 Å². The van der Waals surface area contributed by atoms with Crippen molar-refractivity contribution in [1.82, 2.24) is 20.3 Å². The summed E-state index contributed by atoms with van der Waals surface area (Å²) in [5.74, 6) is -0.0707. The van der Waals surface area contributed by atoms with Gasteiger partial charge in [-0.1, -0.05) is 53.7 Å². The van der Waals surface area contributed by atoms with Gasteiger partial charge in [-0.3, -0.25) is 4.79 Å². The van der Waals surface area contributed by atoms with Crippen LogP contribution in [0.1, 0.15) is 16.8 Å². The van der Waals surface area contributed by atoms with Gasteiger partial charge in [-0.25, -0.2) is 4.98 Å². The van der Waals surface area contributed by atoms with Gasteiger partial charge >= 0.3 is 0 Å². The molecule has 8 nitrogen and oxygen atoms in total. The summed E-state index contributed by atoms with van der Waals surface area (Å²) in [6, 6.07) is 22.2. The number of anilines is 1. The number of amides is 1. The van der Waals surface area contributed by atoms with Crippen LogP contribution in [0.25, 0.3) is 22.2 Å². The van der Waals surface area contributed by atoms with Crippen molar-refractivity contribution in [3.05, 3.63) is 102 Å². The molecule has 0 aliphatic carbocycles. The molecule has 5 aromatic rings. The van der Waals surface area contributed by atoms with E-state index in [4.69, 9.17) is 14.2 Å². The monoisotopic (exact) mass is 451 g/mol. The SMILES string of the molecule is CO[C@@](C(=O)Nc1cc(C)cc(-c2cnnc3ccccc23)n1)(c1ccccc1)c1ccon1. The molecule has 8 heteroatoms. The zero-order valence-corrected chi connectivity index (χ0v) is 18.6. The summed E-state index contributed by atoms with van der Waals surface area (Å²) < 4.78 is 10.9. The van der Waals surface area contributed by atoms with Gasteiger partial charge in [0, 0.05) is 24.1 Å². The Hall–Kier alpha value is -4.43. The van der Waals surface area contributed by atoms with E-state index in [2.05, 4.69) is 20.7 Å². The Balaban J connectivity index is 1.58. The fourth-order valence-corrected chi connectivity index (χ4v) is 4.06. The zero-order valence-electron chi connectivity index (χ0n) is 18.6. The first kappa shape index (κ1) is 21.4. The fourth-order valence-electron chi connectivity index (χ4n) is 4.06. The van der Waals surface area contributed by atoms with E-state index in [0.29, 0.717) is 22.8 Å². The van der Waals surface area contributed by atoms with Gasteiger partial charge in [0.05, 0.1) is 17.4 Å². The molecule has 0 radical (unpaired) electrons. The molecule has 0 unspecified atom stereocenters. The predicted octanol–water partition coefficient (Wildman–Crippen LogP) is 4.52. The zero-order chi connectivity index (χ0) is 23.5. The highest BCUT2D eigenvalue weighted by atomic mass is 16.5. The summed E-state index contributed by atoms with van der Waals surface area (Å²) in [5.41, 5.74) is 2.60. The van der Waals surface area contributed by atoms with Crippen molar-refractivity contribution in [2.45, 2.75) is 12.5 Å². The van der Waals surface area contributed by atoms with E-state index in [0.717, 1.165) is 22.0 Å². The molecule has 1 amide bonds. The summed E-state index contributed by atoms with van der Waals surface area (Å²) in [4.78, 5) is 18.5. The minimum absolute atomic E-state index is 0.330. The normalized spacial score (nSPS) is 12.9. The molecular weight excluding hydrogens is 430 g/mol. The van der Waals surface area contributed by atoms with Crippen LogP contribution in [-0.2, 0) is 15.1 Å². The van der Waals surface area contributed by atoms with Gasteiger partial charge in [-0.15, -0.1) is 0 Å². The third-order valence-electron chi connectivity index (χ3n) is 5.64. The number of nitrogens with one attached hydrogen (secondary N) is 1. The van der Waals surface area contributed by atoms with Gasteiger partial charge in [0.25, 0.3) is 5.91 Å². The quantitative estimate of drug-likeness (QED) is 0.405. The highest BCUT2D eigenvalue weighted by Crippen LogP contribution is 2.34. The molecule has 0 spiro atoms. The van der Waals surface area contributed by atoms with Crippen LogP contribution in [0.15, 0.2) is 89.8 Å². The number of carbonyl (C=O) groups excluding carboxylic acids is 1. The van der Waals surface area contributed by atoms with Crippen LogP contribution in [0, 0.1) is 6.92 Å². The molecule has 0 saturated heterocycles. The van der Waals surface area contributed by atoms with E-state index >= 15 is 0 Å². The van der Waals surface area contributed by atoms with Gasteiger partial charge in [0.1, 0.15) is 17.8 Å². The maximum absolute atomic E-state index is 13.8. The van der Waals surface area contributed by atoms with Crippen LogP contribution >= 0.6 is 0 Å². The van der Waals surface area contributed by atoms with E-state index in [1.54, 1.807) is 18.3 Å². The molecule has 0 fully saturated rings. The van der Waals surface area contributed by atoms with Crippen LogP contribution in [0.5, 0.6) is 0 Å². The van der Waals surface area contributed by atoms with Crippen molar-refractivity contribution in [2.24, 2.45) is 0 Å². The van der Waals surface area contributed by atoms with Crippen molar-refractivity contribution < 1.29 is 14.1 Å².